The molecule has 0 saturated carbocycles. The number of fused-ring (bicyclic) bond motifs is 1. The molecule has 3 N–H and O–H groups in total. The number of para-hydroxylation sites is 1. The predicted molar refractivity (Wildman–Crippen MR) is 99.9 cm³/mol. The minimum absolute atomic E-state index is 0.0795. The van der Waals surface area contributed by atoms with Gasteiger partial charge in [0.15, 0.2) is 5.76 Å². The molecule has 0 atom stereocenters. The zero-order valence-electron chi connectivity index (χ0n) is 15.2. The van der Waals surface area contributed by atoms with E-state index in [0.717, 1.165) is 24.3 Å². The van der Waals surface area contributed by atoms with Crippen molar-refractivity contribution in [1.29, 1.82) is 0 Å². The van der Waals surface area contributed by atoms with Gasteiger partial charge in [-0.05, 0) is 37.3 Å². The SMILES string of the molecule is Cc1c(C(=O)NNS(=O)(=O)c2ccc(NC(=O)C(F)(F)F)cc2)oc2ccccc12. The molecule has 158 valence electrons. The van der Waals surface area contributed by atoms with E-state index in [4.69, 9.17) is 4.42 Å². The molecule has 0 aliphatic carbocycles. The van der Waals surface area contributed by atoms with Crippen LogP contribution in [0.5, 0.6) is 0 Å². The van der Waals surface area contributed by atoms with Gasteiger partial charge in [0.25, 0.3) is 10.0 Å². The molecule has 0 aliphatic heterocycles. The second kappa shape index (κ2) is 7.80. The molecule has 0 bridgehead atoms. The average Bonchev–Trinajstić information content (AvgIpc) is 3.03. The van der Waals surface area contributed by atoms with Crippen LogP contribution in [0.15, 0.2) is 57.8 Å². The number of hydrogen-bond acceptors (Lipinski definition) is 5. The number of benzene rings is 2. The number of alkyl halides is 3. The molecular formula is C18H14F3N3O5S. The Hall–Kier alpha value is -3.38. The summed E-state index contributed by atoms with van der Waals surface area (Å²) in [5, 5.41) is 2.29. The Morgan fingerprint density at radius 3 is 2.23 bits per heavy atom. The highest BCUT2D eigenvalue weighted by Gasteiger charge is 2.38. The zero-order valence-corrected chi connectivity index (χ0v) is 16.0. The molecule has 0 radical (unpaired) electrons. The van der Waals surface area contributed by atoms with Crippen molar-refractivity contribution in [2.75, 3.05) is 5.32 Å². The Morgan fingerprint density at radius 2 is 1.63 bits per heavy atom. The Bertz CT molecular complexity index is 1220. The van der Waals surface area contributed by atoms with Gasteiger partial charge >= 0.3 is 18.0 Å². The molecule has 0 saturated heterocycles. The fourth-order valence-electron chi connectivity index (χ4n) is 2.54. The standard InChI is InChI=1S/C18H14F3N3O5S/c1-10-13-4-2-3-5-14(13)29-15(10)16(25)23-24-30(27,28)12-8-6-11(7-9-12)22-17(26)18(19,20)21/h2-9,24H,1H3,(H,22,26)(H,23,25). The van der Waals surface area contributed by atoms with Crippen LogP contribution in [0.4, 0.5) is 18.9 Å². The molecule has 3 rings (SSSR count). The van der Waals surface area contributed by atoms with Crippen LogP contribution in [-0.2, 0) is 14.8 Å². The van der Waals surface area contributed by atoms with Gasteiger partial charge in [0.1, 0.15) is 5.58 Å². The number of rotatable bonds is 5. The molecule has 2 amide bonds. The van der Waals surface area contributed by atoms with Crippen molar-refractivity contribution >= 4 is 38.5 Å². The molecule has 1 aromatic heterocycles. The first-order valence-electron chi connectivity index (χ1n) is 8.27. The number of carbonyl (C=O) groups excluding carboxylic acids is 2. The summed E-state index contributed by atoms with van der Waals surface area (Å²) in [5.74, 6) is -3.10. The molecule has 0 spiro atoms. The highest BCUT2D eigenvalue weighted by molar-refractivity contribution is 7.89. The van der Waals surface area contributed by atoms with Crippen molar-refractivity contribution in [1.82, 2.24) is 10.3 Å². The van der Waals surface area contributed by atoms with Gasteiger partial charge in [-0.15, -0.1) is 4.83 Å². The van der Waals surface area contributed by atoms with E-state index in [2.05, 4.69) is 0 Å². The van der Waals surface area contributed by atoms with Crippen LogP contribution in [0.1, 0.15) is 16.1 Å². The van der Waals surface area contributed by atoms with Crippen molar-refractivity contribution in [2.24, 2.45) is 0 Å². The number of sulfonamides is 1. The van der Waals surface area contributed by atoms with E-state index in [-0.39, 0.29) is 16.3 Å². The summed E-state index contributed by atoms with van der Waals surface area (Å²) in [4.78, 5) is 24.7. The van der Waals surface area contributed by atoms with E-state index >= 15 is 0 Å². The van der Waals surface area contributed by atoms with Crippen molar-refractivity contribution in [3.63, 3.8) is 0 Å². The predicted octanol–water partition coefficient (Wildman–Crippen LogP) is 2.87. The number of carbonyl (C=O) groups is 2. The topological polar surface area (TPSA) is 118 Å². The Morgan fingerprint density at radius 1 is 1.00 bits per heavy atom. The van der Waals surface area contributed by atoms with E-state index in [1.807, 2.05) is 10.3 Å². The first-order valence-corrected chi connectivity index (χ1v) is 9.76. The normalized spacial score (nSPS) is 12.0. The van der Waals surface area contributed by atoms with Gasteiger partial charge in [-0.1, -0.05) is 18.2 Å². The summed E-state index contributed by atoms with van der Waals surface area (Å²) in [6, 6.07) is 10.8. The Labute approximate surface area is 168 Å². The van der Waals surface area contributed by atoms with Crippen molar-refractivity contribution in [3.8, 4) is 0 Å². The highest BCUT2D eigenvalue weighted by atomic mass is 32.2. The van der Waals surface area contributed by atoms with Crippen LogP contribution >= 0.6 is 0 Å². The zero-order chi connectivity index (χ0) is 22.1. The van der Waals surface area contributed by atoms with Gasteiger partial charge in [-0.25, -0.2) is 8.42 Å². The number of hydrazine groups is 1. The van der Waals surface area contributed by atoms with Crippen molar-refractivity contribution in [2.45, 2.75) is 18.0 Å². The summed E-state index contributed by atoms with van der Waals surface area (Å²) in [6.45, 7) is 1.64. The Kier molecular flexibility index (Phi) is 5.55. The maximum absolute atomic E-state index is 12.3. The third-order valence-electron chi connectivity index (χ3n) is 4.03. The van der Waals surface area contributed by atoms with Gasteiger partial charge in [-0.2, -0.15) is 13.2 Å². The summed E-state index contributed by atoms with van der Waals surface area (Å²) in [7, 11) is -4.24. The molecule has 0 aliphatic rings. The lowest BCUT2D eigenvalue weighted by molar-refractivity contribution is -0.167. The number of nitrogens with one attached hydrogen (secondary N) is 3. The molecule has 0 fully saturated rings. The van der Waals surface area contributed by atoms with Crippen molar-refractivity contribution < 1.29 is 35.6 Å². The second-order valence-electron chi connectivity index (χ2n) is 6.09. The number of hydrogen-bond donors (Lipinski definition) is 3. The van der Waals surface area contributed by atoms with Crippen molar-refractivity contribution in [3.05, 3.63) is 59.9 Å². The molecule has 2 aromatic carbocycles. The molecule has 0 unspecified atom stereocenters. The van der Waals surface area contributed by atoms with Gasteiger partial charge in [0.05, 0.1) is 4.90 Å². The smallest absolute Gasteiger partial charge is 0.451 e. The maximum atomic E-state index is 12.3. The van der Waals surface area contributed by atoms with E-state index in [1.54, 1.807) is 36.5 Å². The lowest BCUT2D eigenvalue weighted by Crippen LogP contribution is -2.41. The summed E-state index contributed by atoms with van der Waals surface area (Å²) in [5.41, 5.74) is 2.74. The minimum Gasteiger partial charge on any atom is -0.451 e. The second-order valence-corrected chi connectivity index (χ2v) is 7.77. The Balaban J connectivity index is 1.69. The first kappa shape index (κ1) is 21.3. The number of anilines is 1. The summed E-state index contributed by atoms with van der Waals surface area (Å²) < 4.78 is 66.8. The molecule has 30 heavy (non-hydrogen) atoms. The van der Waals surface area contributed by atoms with Crippen LogP contribution in [0, 0.1) is 6.92 Å². The number of furan rings is 1. The molecular weight excluding hydrogens is 427 g/mol. The lowest BCUT2D eigenvalue weighted by Gasteiger charge is -2.10. The minimum atomic E-state index is -5.08. The van der Waals surface area contributed by atoms with Crippen LogP contribution in [0.2, 0.25) is 0 Å². The van der Waals surface area contributed by atoms with E-state index in [1.165, 1.54) is 0 Å². The molecule has 3 aromatic rings. The van der Waals surface area contributed by atoms with Gasteiger partial charge in [0.2, 0.25) is 0 Å². The number of aryl methyl sites for hydroxylation is 1. The maximum Gasteiger partial charge on any atom is 0.471 e. The first-order chi connectivity index (χ1) is 14.0. The van der Waals surface area contributed by atoms with Gasteiger partial charge < -0.3 is 9.73 Å². The van der Waals surface area contributed by atoms with Crippen LogP contribution in [0.3, 0.4) is 0 Å². The fourth-order valence-corrected chi connectivity index (χ4v) is 3.38. The lowest BCUT2D eigenvalue weighted by atomic mass is 10.1. The molecule has 12 heteroatoms. The number of amides is 2. The van der Waals surface area contributed by atoms with E-state index in [9.17, 15) is 31.2 Å². The van der Waals surface area contributed by atoms with Crippen LogP contribution in [-0.4, -0.2) is 26.4 Å². The monoisotopic (exact) mass is 441 g/mol. The fraction of sp³-hybridized carbons (Fsp3) is 0.111. The third kappa shape index (κ3) is 4.44. The summed E-state index contributed by atoms with van der Waals surface area (Å²) >= 11 is 0. The largest absolute Gasteiger partial charge is 0.471 e. The number of halogens is 3. The van der Waals surface area contributed by atoms with Crippen LogP contribution in [0.25, 0.3) is 11.0 Å². The average molecular weight is 441 g/mol. The highest BCUT2D eigenvalue weighted by Crippen LogP contribution is 2.24. The quantitative estimate of drug-likeness (QED) is 0.527. The molecule has 1 heterocycles. The van der Waals surface area contributed by atoms with E-state index in [0.29, 0.717) is 16.5 Å². The van der Waals surface area contributed by atoms with Crippen LogP contribution < -0.4 is 15.6 Å². The van der Waals surface area contributed by atoms with Gasteiger partial charge in [-0.3, -0.25) is 15.0 Å². The molecule has 8 nitrogen and oxygen atoms in total. The third-order valence-corrected chi connectivity index (χ3v) is 5.29. The van der Waals surface area contributed by atoms with E-state index < -0.39 is 28.0 Å². The summed E-state index contributed by atoms with van der Waals surface area (Å²) in [6.07, 6.45) is -5.08. The van der Waals surface area contributed by atoms with Gasteiger partial charge in [0, 0.05) is 16.6 Å².